The van der Waals surface area contributed by atoms with Gasteiger partial charge in [0.1, 0.15) is 4.70 Å². The summed E-state index contributed by atoms with van der Waals surface area (Å²) in [5, 5.41) is 1.83. The summed E-state index contributed by atoms with van der Waals surface area (Å²) in [5.41, 5.74) is 0.502. The maximum atomic E-state index is 12.0. The maximum absolute atomic E-state index is 12.0. The van der Waals surface area contributed by atoms with Crippen molar-refractivity contribution < 1.29 is 8.63 Å². The van der Waals surface area contributed by atoms with Crippen LogP contribution in [-0.2, 0) is 9.71 Å². The fourth-order valence-electron chi connectivity index (χ4n) is 1.63. The molecule has 0 spiro atoms. The first kappa shape index (κ1) is 15.6. The molecule has 2 aromatic rings. The summed E-state index contributed by atoms with van der Waals surface area (Å²) in [6.07, 6.45) is 1.54. The fraction of sp³-hybridized carbons (Fsp3) is 0.333. The van der Waals surface area contributed by atoms with Gasteiger partial charge in [0.25, 0.3) is 0 Å². The predicted molar refractivity (Wildman–Crippen MR) is 90.5 cm³/mol. The molecule has 0 aliphatic heterocycles. The summed E-state index contributed by atoms with van der Waals surface area (Å²) in [6, 6.07) is 1.47. The van der Waals surface area contributed by atoms with Gasteiger partial charge in [-0.2, -0.15) is 0 Å². The Balaban J connectivity index is 2.20. The summed E-state index contributed by atoms with van der Waals surface area (Å²) < 4.78 is 21.4. The molecule has 2 heterocycles. The standard InChI is InChI=1S/C12H15BrN2O3S2/c1-15(5-4-14-20(2,3)17)10-6-9(16)12-11(18-10)8(13)7-19-12/h6-7H,2,4-5H2,1,3H3,(H,14,17). The third-order valence-corrected chi connectivity index (χ3v) is 5.30. The van der Waals surface area contributed by atoms with Gasteiger partial charge in [-0.3, -0.25) is 9.00 Å². The average Bonchev–Trinajstić information content (AvgIpc) is 2.70. The number of nitrogens with one attached hydrogen (secondary N) is 1. The fourth-order valence-corrected chi connectivity index (χ4v) is 3.61. The Hall–Kier alpha value is -0.830. The van der Waals surface area contributed by atoms with Crippen LogP contribution >= 0.6 is 27.3 Å². The lowest BCUT2D eigenvalue weighted by Crippen LogP contribution is -2.32. The van der Waals surface area contributed by atoms with Crippen molar-refractivity contribution in [3.05, 3.63) is 26.1 Å². The minimum absolute atomic E-state index is 0.0618. The SMILES string of the molecule is C=S(C)(=O)NCCN(C)c1cc(=O)c2scc(Br)c2o1. The van der Waals surface area contributed by atoms with Crippen molar-refractivity contribution >= 4 is 59.0 Å². The predicted octanol–water partition coefficient (Wildman–Crippen LogP) is 1.90. The lowest BCUT2D eigenvalue weighted by Gasteiger charge is -2.18. The summed E-state index contributed by atoms with van der Waals surface area (Å²) in [7, 11) is -0.405. The van der Waals surface area contributed by atoms with Gasteiger partial charge < -0.3 is 9.32 Å². The topological polar surface area (TPSA) is 62.6 Å². The van der Waals surface area contributed by atoms with Gasteiger partial charge in [0.15, 0.2) is 11.5 Å². The second-order valence-electron chi connectivity index (χ2n) is 4.51. The van der Waals surface area contributed by atoms with Gasteiger partial charge >= 0.3 is 0 Å². The molecule has 0 amide bonds. The number of fused-ring (bicyclic) bond motifs is 1. The lowest BCUT2D eigenvalue weighted by atomic mass is 10.4. The van der Waals surface area contributed by atoms with Crippen LogP contribution in [0.15, 0.2) is 25.1 Å². The first-order valence-electron chi connectivity index (χ1n) is 5.77. The Morgan fingerprint density at radius 3 is 2.95 bits per heavy atom. The highest BCUT2D eigenvalue weighted by Gasteiger charge is 2.12. The molecule has 0 saturated carbocycles. The molecule has 5 nitrogen and oxygen atoms in total. The highest BCUT2D eigenvalue weighted by Crippen LogP contribution is 2.30. The van der Waals surface area contributed by atoms with Crippen LogP contribution < -0.4 is 15.1 Å². The monoisotopic (exact) mass is 378 g/mol. The molecule has 110 valence electrons. The van der Waals surface area contributed by atoms with E-state index in [2.05, 4.69) is 26.5 Å². The van der Waals surface area contributed by atoms with E-state index in [4.69, 9.17) is 4.42 Å². The molecule has 0 aliphatic rings. The Morgan fingerprint density at radius 1 is 1.60 bits per heavy atom. The normalized spacial score (nSPS) is 14.3. The average molecular weight is 379 g/mol. The van der Waals surface area contributed by atoms with Crippen molar-refractivity contribution in [2.24, 2.45) is 0 Å². The number of anilines is 1. The van der Waals surface area contributed by atoms with Crippen LogP contribution in [0.1, 0.15) is 0 Å². The lowest BCUT2D eigenvalue weighted by molar-refractivity contribution is 0.583. The van der Waals surface area contributed by atoms with E-state index in [-0.39, 0.29) is 5.43 Å². The molecule has 20 heavy (non-hydrogen) atoms. The first-order chi connectivity index (χ1) is 9.28. The van der Waals surface area contributed by atoms with Crippen LogP contribution in [0, 0.1) is 0 Å². The molecule has 8 heteroatoms. The molecule has 0 radical (unpaired) electrons. The molecule has 0 saturated heterocycles. The Kier molecular flexibility index (Phi) is 4.58. The number of hydrogen-bond acceptors (Lipinski definition) is 5. The number of nitrogens with zero attached hydrogens (tertiary/aromatic N) is 1. The van der Waals surface area contributed by atoms with Crippen LogP contribution in [0.2, 0.25) is 0 Å². The summed E-state index contributed by atoms with van der Waals surface area (Å²) in [5.74, 6) is 4.00. The van der Waals surface area contributed by atoms with Gasteiger partial charge in [-0.1, -0.05) is 0 Å². The quantitative estimate of drug-likeness (QED) is 0.807. The maximum Gasteiger partial charge on any atom is 0.204 e. The number of hydrogen-bond donors (Lipinski definition) is 1. The molecule has 0 aromatic carbocycles. The second kappa shape index (κ2) is 5.88. The zero-order valence-electron chi connectivity index (χ0n) is 11.1. The van der Waals surface area contributed by atoms with Crippen LogP contribution in [0.4, 0.5) is 5.88 Å². The van der Waals surface area contributed by atoms with E-state index in [1.54, 1.807) is 11.2 Å². The molecule has 2 rings (SSSR count). The smallest absolute Gasteiger partial charge is 0.204 e. The molecule has 1 N–H and O–H groups in total. The van der Waals surface area contributed by atoms with Gasteiger partial charge in [-0.25, -0.2) is 4.72 Å². The Bertz CT molecular complexity index is 780. The van der Waals surface area contributed by atoms with E-state index in [0.717, 1.165) is 4.47 Å². The molecule has 0 fully saturated rings. The van der Waals surface area contributed by atoms with Gasteiger partial charge in [0.05, 0.1) is 4.47 Å². The third kappa shape index (κ3) is 3.63. The summed E-state index contributed by atoms with van der Waals surface area (Å²) >= 11 is 4.72. The molecule has 2 aromatic heterocycles. The van der Waals surface area contributed by atoms with Gasteiger partial charge in [0.2, 0.25) is 5.43 Å². The number of rotatable bonds is 5. The van der Waals surface area contributed by atoms with Crippen LogP contribution in [-0.4, -0.2) is 36.5 Å². The zero-order valence-corrected chi connectivity index (χ0v) is 14.4. The van der Waals surface area contributed by atoms with Crippen molar-refractivity contribution in [3.8, 4) is 0 Å². The summed E-state index contributed by atoms with van der Waals surface area (Å²) in [6.45, 7) is 1.04. The number of thiophene rings is 1. The largest absolute Gasteiger partial charge is 0.438 e. The van der Waals surface area contributed by atoms with Crippen molar-refractivity contribution in [3.63, 3.8) is 0 Å². The van der Waals surface area contributed by atoms with E-state index < -0.39 is 9.71 Å². The van der Waals surface area contributed by atoms with Crippen molar-refractivity contribution in [2.45, 2.75) is 0 Å². The van der Waals surface area contributed by atoms with E-state index in [0.29, 0.717) is 29.3 Å². The number of halogens is 1. The molecule has 0 aliphatic carbocycles. The molecule has 1 unspecified atom stereocenters. The van der Waals surface area contributed by atoms with Crippen LogP contribution in [0.3, 0.4) is 0 Å². The second-order valence-corrected chi connectivity index (χ2v) is 8.54. The molecular weight excluding hydrogens is 364 g/mol. The Labute approximate surface area is 129 Å². The van der Waals surface area contributed by atoms with Gasteiger partial charge in [0, 0.05) is 47.5 Å². The number of likely N-dealkylation sites (N-methyl/N-ethyl adjacent to an activating group) is 1. The van der Waals surface area contributed by atoms with E-state index in [9.17, 15) is 9.00 Å². The van der Waals surface area contributed by atoms with Crippen LogP contribution in [0.25, 0.3) is 10.3 Å². The minimum atomic E-state index is -2.22. The third-order valence-electron chi connectivity index (χ3n) is 2.62. The molecular formula is C12H15BrN2O3S2. The molecule has 1 atom stereocenters. The van der Waals surface area contributed by atoms with Crippen molar-refractivity contribution in [1.82, 2.24) is 4.72 Å². The van der Waals surface area contributed by atoms with Gasteiger partial charge in [-0.05, 0) is 21.8 Å². The van der Waals surface area contributed by atoms with E-state index in [1.165, 1.54) is 17.4 Å². The van der Waals surface area contributed by atoms with E-state index >= 15 is 0 Å². The first-order valence-corrected chi connectivity index (χ1v) is 9.57. The summed E-state index contributed by atoms with van der Waals surface area (Å²) in [4.78, 5) is 13.8. The zero-order chi connectivity index (χ0) is 14.9. The van der Waals surface area contributed by atoms with E-state index in [1.807, 2.05) is 12.4 Å². The highest BCUT2D eigenvalue weighted by atomic mass is 79.9. The molecule has 0 bridgehead atoms. The van der Waals surface area contributed by atoms with Crippen molar-refractivity contribution in [1.29, 1.82) is 0 Å². The van der Waals surface area contributed by atoms with Gasteiger partial charge in [-0.15, -0.1) is 11.3 Å². The van der Waals surface area contributed by atoms with Crippen molar-refractivity contribution in [2.75, 3.05) is 31.3 Å². The minimum Gasteiger partial charge on any atom is -0.438 e. The Morgan fingerprint density at radius 2 is 2.30 bits per heavy atom. The highest BCUT2D eigenvalue weighted by molar-refractivity contribution is 9.10. The van der Waals surface area contributed by atoms with Crippen LogP contribution in [0.5, 0.6) is 0 Å².